The summed E-state index contributed by atoms with van der Waals surface area (Å²) < 4.78 is 11.2. The first kappa shape index (κ1) is 18.4. The highest BCUT2D eigenvalue weighted by atomic mass is 16.6. The van der Waals surface area contributed by atoms with Crippen LogP contribution < -0.4 is 9.47 Å². The van der Waals surface area contributed by atoms with Crippen LogP contribution in [0.2, 0.25) is 0 Å². The summed E-state index contributed by atoms with van der Waals surface area (Å²) in [6.07, 6.45) is 6.27. The first-order valence-corrected chi connectivity index (χ1v) is 10.4. The average molecular weight is 394 g/mol. The first-order valence-electron chi connectivity index (χ1n) is 10.4. The van der Waals surface area contributed by atoms with Gasteiger partial charge in [0, 0.05) is 36.8 Å². The van der Waals surface area contributed by atoms with Gasteiger partial charge in [0.2, 0.25) is 0 Å². The van der Waals surface area contributed by atoms with Crippen molar-refractivity contribution in [2.45, 2.75) is 38.3 Å². The molecule has 2 aromatic rings. The molecule has 4 heterocycles. The molecule has 1 atom stereocenters. The molecule has 0 unspecified atom stereocenters. The second-order valence-electron chi connectivity index (χ2n) is 8.03. The maximum Gasteiger partial charge on any atom is 0.254 e. The Labute approximate surface area is 170 Å². The fraction of sp³-hybridized carbons (Fsp3) is 0.500. The highest BCUT2D eigenvalue weighted by molar-refractivity contribution is 5.95. The van der Waals surface area contributed by atoms with E-state index in [1.807, 2.05) is 23.2 Å². The lowest BCUT2D eigenvalue weighted by Gasteiger charge is -2.33. The number of likely N-dealkylation sites (tertiary alicyclic amines) is 1. The average Bonchev–Trinajstić information content (AvgIpc) is 2.78. The number of carbonyl (C=O) groups excluding carboxylic acids is 1. The van der Waals surface area contributed by atoms with Crippen LogP contribution >= 0.6 is 0 Å². The van der Waals surface area contributed by atoms with E-state index in [0.29, 0.717) is 49.4 Å². The summed E-state index contributed by atoms with van der Waals surface area (Å²) in [6.45, 7) is 3.36. The molecule has 1 amide bonds. The summed E-state index contributed by atoms with van der Waals surface area (Å²) in [5, 5.41) is 0. The van der Waals surface area contributed by atoms with Gasteiger partial charge in [-0.3, -0.25) is 9.69 Å². The van der Waals surface area contributed by atoms with Crippen LogP contribution in [0, 0.1) is 0 Å². The minimum atomic E-state index is 0.00344. The number of benzene rings is 1. The summed E-state index contributed by atoms with van der Waals surface area (Å²) in [4.78, 5) is 26.8. The quantitative estimate of drug-likeness (QED) is 0.780. The first-order chi connectivity index (χ1) is 14.2. The number of nitrogens with zero attached hydrogens (tertiary/aromatic N) is 4. The van der Waals surface area contributed by atoms with Gasteiger partial charge in [0.25, 0.3) is 5.91 Å². The number of hydrogen-bond acceptors (Lipinski definition) is 6. The zero-order valence-electron chi connectivity index (χ0n) is 16.8. The molecule has 0 aliphatic carbocycles. The molecule has 3 aliphatic heterocycles. The van der Waals surface area contributed by atoms with Crippen molar-refractivity contribution >= 4 is 5.91 Å². The monoisotopic (exact) mass is 394 g/mol. The predicted octanol–water partition coefficient (Wildman–Crippen LogP) is 2.60. The van der Waals surface area contributed by atoms with Gasteiger partial charge in [0.15, 0.2) is 11.5 Å². The third kappa shape index (κ3) is 3.55. The SMILES string of the molecule is CN1CCCC[C@@H]1c1ncc2c(n1)CCN(C(=O)c1ccc3c(c1)OCCO3)C2. The van der Waals surface area contributed by atoms with Crippen molar-refractivity contribution in [3.63, 3.8) is 0 Å². The van der Waals surface area contributed by atoms with Crippen molar-refractivity contribution in [3.05, 3.63) is 47.0 Å². The van der Waals surface area contributed by atoms with Crippen LogP contribution in [-0.4, -0.2) is 59.0 Å². The Morgan fingerprint density at radius 3 is 2.86 bits per heavy atom. The molecule has 1 aromatic carbocycles. The molecular formula is C22H26N4O3. The van der Waals surface area contributed by atoms with Crippen molar-refractivity contribution in [3.8, 4) is 11.5 Å². The highest BCUT2D eigenvalue weighted by Gasteiger charge is 2.27. The molecule has 152 valence electrons. The molecule has 7 nitrogen and oxygen atoms in total. The number of fused-ring (bicyclic) bond motifs is 2. The van der Waals surface area contributed by atoms with E-state index in [0.717, 1.165) is 36.5 Å². The van der Waals surface area contributed by atoms with E-state index in [1.54, 1.807) is 6.07 Å². The van der Waals surface area contributed by atoms with Crippen molar-refractivity contribution in [1.29, 1.82) is 0 Å². The summed E-state index contributed by atoms with van der Waals surface area (Å²) in [6, 6.07) is 5.72. The Bertz CT molecular complexity index is 932. The third-order valence-corrected chi connectivity index (χ3v) is 6.10. The van der Waals surface area contributed by atoms with Gasteiger partial charge < -0.3 is 14.4 Å². The maximum atomic E-state index is 13.0. The maximum absolute atomic E-state index is 13.0. The topological polar surface area (TPSA) is 67.8 Å². The number of piperidine rings is 1. The lowest BCUT2D eigenvalue weighted by molar-refractivity contribution is 0.0731. The Hall–Kier alpha value is -2.67. The predicted molar refractivity (Wildman–Crippen MR) is 107 cm³/mol. The zero-order valence-corrected chi connectivity index (χ0v) is 16.8. The van der Waals surface area contributed by atoms with E-state index in [1.165, 1.54) is 12.8 Å². The van der Waals surface area contributed by atoms with Gasteiger partial charge in [-0.05, 0) is 44.6 Å². The van der Waals surface area contributed by atoms with Crippen LogP contribution in [-0.2, 0) is 13.0 Å². The van der Waals surface area contributed by atoms with Crippen molar-refractivity contribution < 1.29 is 14.3 Å². The van der Waals surface area contributed by atoms with Crippen LogP contribution in [0.1, 0.15) is 52.7 Å². The molecule has 5 rings (SSSR count). The normalized spacial score (nSPS) is 21.6. The number of aromatic nitrogens is 2. The van der Waals surface area contributed by atoms with Gasteiger partial charge in [-0.2, -0.15) is 0 Å². The Morgan fingerprint density at radius 2 is 2.00 bits per heavy atom. The third-order valence-electron chi connectivity index (χ3n) is 6.10. The molecule has 3 aliphatic rings. The van der Waals surface area contributed by atoms with E-state index in [2.05, 4.69) is 16.9 Å². The molecule has 0 saturated carbocycles. The number of rotatable bonds is 2. The van der Waals surface area contributed by atoms with Crippen molar-refractivity contribution in [2.75, 3.05) is 33.4 Å². The van der Waals surface area contributed by atoms with Crippen LogP contribution in [0.25, 0.3) is 0 Å². The molecule has 0 spiro atoms. The second-order valence-corrected chi connectivity index (χ2v) is 8.03. The molecule has 1 fully saturated rings. The number of hydrogen-bond donors (Lipinski definition) is 0. The summed E-state index contributed by atoms with van der Waals surface area (Å²) in [5.74, 6) is 2.27. The van der Waals surface area contributed by atoms with Crippen molar-refractivity contribution in [2.24, 2.45) is 0 Å². The Kier molecular flexibility index (Phi) is 4.83. The van der Waals surface area contributed by atoms with Crippen LogP contribution in [0.5, 0.6) is 11.5 Å². The molecule has 7 heteroatoms. The number of amides is 1. The van der Waals surface area contributed by atoms with Gasteiger partial charge in [0.05, 0.1) is 11.7 Å². The Morgan fingerprint density at radius 1 is 1.14 bits per heavy atom. The number of ether oxygens (including phenoxy) is 2. The molecule has 0 N–H and O–H groups in total. The smallest absolute Gasteiger partial charge is 0.254 e. The highest BCUT2D eigenvalue weighted by Crippen LogP contribution is 2.32. The van der Waals surface area contributed by atoms with Gasteiger partial charge in [-0.15, -0.1) is 0 Å². The fourth-order valence-corrected chi connectivity index (χ4v) is 4.43. The Balaban J connectivity index is 1.32. The fourth-order valence-electron chi connectivity index (χ4n) is 4.43. The van der Waals surface area contributed by atoms with E-state index in [-0.39, 0.29) is 5.91 Å². The van der Waals surface area contributed by atoms with E-state index >= 15 is 0 Å². The molecule has 0 bridgehead atoms. The molecule has 1 saturated heterocycles. The van der Waals surface area contributed by atoms with Gasteiger partial charge in [-0.1, -0.05) is 6.42 Å². The second kappa shape index (κ2) is 7.63. The minimum absolute atomic E-state index is 0.00344. The van der Waals surface area contributed by atoms with Gasteiger partial charge in [0.1, 0.15) is 19.0 Å². The largest absolute Gasteiger partial charge is 0.486 e. The molecular weight excluding hydrogens is 368 g/mol. The summed E-state index contributed by atoms with van der Waals surface area (Å²) in [5.41, 5.74) is 2.75. The van der Waals surface area contributed by atoms with E-state index in [9.17, 15) is 4.79 Å². The molecule has 0 radical (unpaired) electrons. The zero-order chi connectivity index (χ0) is 19.8. The van der Waals surface area contributed by atoms with Crippen LogP contribution in [0.4, 0.5) is 0 Å². The van der Waals surface area contributed by atoms with Crippen molar-refractivity contribution in [1.82, 2.24) is 19.8 Å². The van der Waals surface area contributed by atoms with Gasteiger partial charge >= 0.3 is 0 Å². The lowest BCUT2D eigenvalue weighted by Crippen LogP contribution is -2.37. The number of carbonyl (C=O) groups is 1. The van der Waals surface area contributed by atoms with E-state index in [4.69, 9.17) is 14.5 Å². The van der Waals surface area contributed by atoms with Crippen LogP contribution in [0.15, 0.2) is 24.4 Å². The lowest BCUT2D eigenvalue weighted by atomic mass is 10.0. The minimum Gasteiger partial charge on any atom is -0.486 e. The molecule has 29 heavy (non-hydrogen) atoms. The molecule has 1 aromatic heterocycles. The summed E-state index contributed by atoms with van der Waals surface area (Å²) >= 11 is 0. The summed E-state index contributed by atoms with van der Waals surface area (Å²) in [7, 11) is 2.15. The van der Waals surface area contributed by atoms with Crippen LogP contribution in [0.3, 0.4) is 0 Å². The van der Waals surface area contributed by atoms with Gasteiger partial charge in [-0.25, -0.2) is 9.97 Å². The standard InChI is InChI=1S/C22H26N4O3/c1-25-8-3-2-4-18(25)21-23-13-16-14-26(9-7-17(16)24-21)22(27)15-5-6-19-20(12-15)29-11-10-28-19/h5-6,12-13,18H,2-4,7-11,14H2,1H3/t18-/m1/s1. The van der Waals surface area contributed by atoms with E-state index < -0.39 is 0 Å².